The molecule has 3 N–H and O–H groups in total. The maximum absolute atomic E-state index is 14.0. The zero-order chi connectivity index (χ0) is 24.1. The number of para-hydroxylation sites is 1. The van der Waals surface area contributed by atoms with Crippen molar-refractivity contribution in [1.82, 2.24) is 10.2 Å². The molecule has 2 unspecified atom stereocenters. The molecule has 8 heteroatoms. The monoisotopic (exact) mass is 473 g/mol. The number of aliphatic hydroxyl groups is 1. The molecule has 7 nitrogen and oxygen atoms in total. The molecule has 1 aromatic carbocycles. The van der Waals surface area contributed by atoms with Gasteiger partial charge in [-0.25, -0.2) is 0 Å². The van der Waals surface area contributed by atoms with Crippen LogP contribution in [0.4, 0.5) is 5.69 Å². The van der Waals surface area contributed by atoms with E-state index >= 15 is 0 Å². The first-order valence-electron chi connectivity index (χ1n) is 11.8. The summed E-state index contributed by atoms with van der Waals surface area (Å²) in [5.41, 5.74) is 0.238. The summed E-state index contributed by atoms with van der Waals surface area (Å²) in [6.07, 6.45) is 1.50. The van der Waals surface area contributed by atoms with Crippen molar-refractivity contribution in [2.45, 2.75) is 75.1 Å². The summed E-state index contributed by atoms with van der Waals surface area (Å²) in [5.74, 6) is -1.65. The Kier molecular flexibility index (Phi) is 6.29. The molecule has 3 fully saturated rings. The number of hydrogen-bond acceptors (Lipinski definition) is 5. The van der Waals surface area contributed by atoms with Crippen molar-refractivity contribution in [2.24, 2.45) is 17.8 Å². The molecule has 6 atom stereocenters. The van der Waals surface area contributed by atoms with E-state index < -0.39 is 34.2 Å². The van der Waals surface area contributed by atoms with Crippen LogP contribution in [0.15, 0.2) is 30.3 Å². The van der Waals surface area contributed by atoms with E-state index in [1.807, 2.05) is 65.0 Å². The average Bonchev–Trinajstić information content (AvgIpc) is 3.36. The number of hydrogen-bond donors (Lipinski definition) is 3. The Morgan fingerprint density at radius 3 is 2.45 bits per heavy atom. The molecule has 0 radical (unpaired) electrons. The lowest BCUT2D eigenvalue weighted by Crippen LogP contribution is -2.60. The summed E-state index contributed by atoms with van der Waals surface area (Å²) in [6.45, 7) is 9.43. The smallest absolute Gasteiger partial charge is 0.244 e. The van der Waals surface area contributed by atoms with Gasteiger partial charge in [-0.1, -0.05) is 32.0 Å². The minimum atomic E-state index is -0.710. The first-order chi connectivity index (χ1) is 15.5. The molecule has 3 aliphatic rings. The number of carbonyl (C=O) groups is 3. The number of nitrogens with zero attached hydrogens (tertiary/aromatic N) is 1. The molecule has 4 rings (SSSR count). The van der Waals surface area contributed by atoms with E-state index in [-0.39, 0.29) is 35.5 Å². The number of carbonyl (C=O) groups excluding carboxylic acids is 3. The van der Waals surface area contributed by atoms with Crippen LogP contribution < -0.4 is 10.6 Å². The van der Waals surface area contributed by atoms with Gasteiger partial charge in [0.05, 0.1) is 29.2 Å². The third-order valence-corrected chi connectivity index (χ3v) is 9.09. The molecule has 0 saturated carbocycles. The largest absolute Gasteiger partial charge is 0.394 e. The number of rotatable bonds is 6. The Hall–Kier alpha value is -2.06. The number of fused-ring (bicyclic) bond motifs is 1. The first-order valence-corrected chi connectivity index (χ1v) is 12.7. The molecule has 1 aromatic rings. The molecule has 3 amide bonds. The minimum absolute atomic E-state index is 0.00127. The highest BCUT2D eigenvalue weighted by molar-refractivity contribution is 8.02. The molecule has 2 bridgehead atoms. The maximum Gasteiger partial charge on any atom is 0.244 e. The molecule has 0 aromatic heterocycles. The molecule has 180 valence electrons. The van der Waals surface area contributed by atoms with Gasteiger partial charge in [0.2, 0.25) is 17.7 Å². The van der Waals surface area contributed by atoms with Crippen molar-refractivity contribution in [3.8, 4) is 0 Å². The van der Waals surface area contributed by atoms with Crippen LogP contribution >= 0.6 is 11.8 Å². The van der Waals surface area contributed by atoms with Crippen LogP contribution in [0.3, 0.4) is 0 Å². The summed E-state index contributed by atoms with van der Waals surface area (Å²) in [7, 11) is 0. The molecule has 3 saturated heterocycles. The fourth-order valence-electron chi connectivity index (χ4n) is 5.85. The van der Waals surface area contributed by atoms with Crippen LogP contribution in [0, 0.1) is 17.8 Å². The standard InChI is InChI=1S/C25H35N3O4S/c1-14(2)16(13-29)28-20(22(31)27-24(3,4)5)25-12-11-17(33-25)18(19(25)23(28)32)21(30)26-15-9-7-6-8-10-15/h6-10,14,16-20,29H,11-13H2,1-5H3,(H,26,30)(H,27,31)/t16-,17-,18+,19-,20?,25?/m0/s1. The number of likely N-dealkylation sites (tertiary alicyclic amines) is 1. The number of nitrogens with one attached hydrogen (secondary N) is 2. The number of amides is 3. The van der Waals surface area contributed by atoms with E-state index in [2.05, 4.69) is 10.6 Å². The number of anilines is 1. The topological polar surface area (TPSA) is 98.7 Å². The Bertz CT molecular complexity index is 931. The SMILES string of the molecule is CC(C)[C@H](CO)N1C(=O)[C@@H]2[C@H](C(=O)Nc3ccccc3)[C@@H]3CCC2(S3)C1C(=O)NC(C)(C)C. The van der Waals surface area contributed by atoms with Crippen molar-refractivity contribution >= 4 is 35.2 Å². The van der Waals surface area contributed by atoms with Crippen molar-refractivity contribution in [3.05, 3.63) is 30.3 Å². The van der Waals surface area contributed by atoms with Gasteiger partial charge in [-0.05, 0) is 51.7 Å². The van der Waals surface area contributed by atoms with Gasteiger partial charge in [-0.2, -0.15) is 0 Å². The maximum atomic E-state index is 14.0. The lowest BCUT2D eigenvalue weighted by molar-refractivity contribution is -0.143. The van der Waals surface area contributed by atoms with Gasteiger partial charge in [-0.3, -0.25) is 14.4 Å². The van der Waals surface area contributed by atoms with Gasteiger partial charge in [0, 0.05) is 16.5 Å². The third kappa shape index (κ3) is 4.05. The van der Waals surface area contributed by atoms with Crippen LogP contribution in [0.1, 0.15) is 47.5 Å². The van der Waals surface area contributed by atoms with Crippen LogP contribution in [0.25, 0.3) is 0 Å². The van der Waals surface area contributed by atoms with Gasteiger partial charge in [0.15, 0.2) is 0 Å². The molecule has 0 aliphatic carbocycles. The summed E-state index contributed by atoms with van der Waals surface area (Å²) >= 11 is 1.64. The fourth-order valence-corrected chi connectivity index (χ4v) is 8.06. The van der Waals surface area contributed by atoms with Crippen LogP contribution in [0.2, 0.25) is 0 Å². The molecule has 1 spiro atoms. The first kappa shape index (κ1) is 24.1. The lowest BCUT2D eigenvalue weighted by Gasteiger charge is -2.39. The van der Waals surface area contributed by atoms with Gasteiger partial charge in [0.1, 0.15) is 6.04 Å². The second-order valence-corrected chi connectivity index (χ2v) is 12.5. The van der Waals surface area contributed by atoms with E-state index in [9.17, 15) is 19.5 Å². The number of thioether (sulfide) groups is 1. The van der Waals surface area contributed by atoms with Crippen molar-refractivity contribution in [3.63, 3.8) is 0 Å². The summed E-state index contributed by atoms with van der Waals surface area (Å²) < 4.78 is -0.655. The van der Waals surface area contributed by atoms with Gasteiger partial charge in [0.25, 0.3) is 0 Å². The van der Waals surface area contributed by atoms with Crippen molar-refractivity contribution in [2.75, 3.05) is 11.9 Å². The van der Waals surface area contributed by atoms with Crippen LogP contribution in [-0.4, -0.2) is 62.0 Å². The van der Waals surface area contributed by atoms with Crippen LogP contribution in [-0.2, 0) is 14.4 Å². The Labute approximate surface area is 200 Å². The lowest BCUT2D eigenvalue weighted by atomic mass is 9.70. The van der Waals surface area contributed by atoms with E-state index in [4.69, 9.17) is 0 Å². The molecular weight excluding hydrogens is 438 g/mol. The zero-order valence-corrected chi connectivity index (χ0v) is 20.8. The second-order valence-electron chi connectivity index (χ2n) is 10.9. The zero-order valence-electron chi connectivity index (χ0n) is 20.0. The minimum Gasteiger partial charge on any atom is -0.394 e. The Morgan fingerprint density at radius 2 is 1.88 bits per heavy atom. The van der Waals surface area contributed by atoms with E-state index in [1.165, 1.54) is 0 Å². The highest BCUT2D eigenvalue weighted by Gasteiger charge is 2.74. The summed E-state index contributed by atoms with van der Waals surface area (Å²) in [4.78, 5) is 42.7. The van der Waals surface area contributed by atoms with E-state index in [0.29, 0.717) is 12.1 Å². The summed E-state index contributed by atoms with van der Waals surface area (Å²) in [6, 6.07) is 8.07. The highest BCUT2D eigenvalue weighted by atomic mass is 32.2. The molecular formula is C25H35N3O4S. The fraction of sp³-hybridized carbons (Fsp3) is 0.640. The summed E-state index contributed by atoms with van der Waals surface area (Å²) in [5, 5.41) is 16.3. The quantitative estimate of drug-likeness (QED) is 0.590. The predicted molar refractivity (Wildman–Crippen MR) is 130 cm³/mol. The normalized spacial score (nSPS) is 31.6. The van der Waals surface area contributed by atoms with Gasteiger partial charge < -0.3 is 20.6 Å². The average molecular weight is 474 g/mol. The third-order valence-electron chi connectivity index (χ3n) is 7.14. The van der Waals surface area contributed by atoms with Crippen molar-refractivity contribution < 1.29 is 19.5 Å². The van der Waals surface area contributed by atoms with Crippen LogP contribution in [0.5, 0.6) is 0 Å². The van der Waals surface area contributed by atoms with Gasteiger partial charge in [-0.15, -0.1) is 11.8 Å². The van der Waals surface area contributed by atoms with E-state index in [0.717, 1.165) is 6.42 Å². The second kappa shape index (κ2) is 8.62. The number of benzene rings is 1. The Morgan fingerprint density at radius 1 is 1.21 bits per heavy atom. The highest BCUT2D eigenvalue weighted by Crippen LogP contribution is 2.66. The van der Waals surface area contributed by atoms with Gasteiger partial charge >= 0.3 is 0 Å². The Balaban J connectivity index is 1.73. The number of aliphatic hydroxyl groups excluding tert-OH is 1. The van der Waals surface area contributed by atoms with Crippen molar-refractivity contribution in [1.29, 1.82) is 0 Å². The molecule has 33 heavy (non-hydrogen) atoms. The molecule has 3 heterocycles. The molecule has 3 aliphatic heterocycles. The van der Waals surface area contributed by atoms with E-state index in [1.54, 1.807) is 16.7 Å². The predicted octanol–water partition coefficient (Wildman–Crippen LogP) is 2.65.